The zero-order valence-electron chi connectivity index (χ0n) is 15.4. The predicted molar refractivity (Wildman–Crippen MR) is 109 cm³/mol. The van der Waals surface area contributed by atoms with E-state index < -0.39 is 31.1 Å². The molecule has 1 heterocycles. The van der Waals surface area contributed by atoms with Crippen LogP contribution in [-0.4, -0.2) is 31.1 Å². The molecule has 3 aromatic rings. The Balaban J connectivity index is 1.72. The number of furan rings is 1. The average Bonchev–Trinajstić information content (AvgIpc) is 3.08. The molecule has 30 heavy (non-hydrogen) atoms. The molecule has 5 nitrogen and oxygen atoms in total. The first kappa shape index (κ1) is 22.0. The number of carbonyl (C=O) groups excluding carboxylic acids is 2. The summed E-state index contributed by atoms with van der Waals surface area (Å²) in [5.41, 5.74) is 1.12. The summed E-state index contributed by atoms with van der Waals surface area (Å²) in [6, 6.07) is 14.3. The Morgan fingerprint density at radius 2 is 1.73 bits per heavy atom. The fraction of sp³-hybridized carbons (Fsp3) is 0.200. The monoisotopic (exact) mass is 456 g/mol. The van der Waals surface area contributed by atoms with Crippen molar-refractivity contribution in [1.82, 2.24) is 10.6 Å². The number of benzene rings is 2. The highest BCUT2D eigenvalue weighted by Gasteiger charge is 2.28. The van der Waals surface area contributed by atoms with Gasteiger partial charge in [0.1, 0.15) is 12.1 Å². The van der Waals surface area contributed by atoms with Gasteiger partial charge in [-0.2, -0.15) is 13.2 Å². The van der Waals surface area contributed by atoms with E-state index >= 15 is 0 Å². The lowest BCUT2D eigenvalue weighted by Gasteiger charge is -2.09. The molecule has 2 amide bonds. The van der Waals surface area contributed by atoms with Crippen LogP contribution >= 0.6 is 23.4 Å². The smallest absolute Gasteiger partial charge is 0.405 e. The minimum atomic E-state index is -4.52. The van der Waals surface area contributed by atoms with E-state index in [1.54, 1.807) is 35.6 Å². The first-order chi connectivity index (χ1) is 14.2. The number of alkyl halides is 3. The van der Waals surface area contributed by atoms with Crippen molar-refractivity contribution >= 4 is 46.1 Å². The van der Waals surface area contributed by atoms with Crippen LogP contribution in [0.25, 0.3) is 11.0 Å². The molecule has 10 heteroatoms. The number of hydrogen-bond donors (Lipinski definition) is 2. The second kappa shape index (κ2) is 9.44. The zero-order chi connectivity index (χ0) is 21.7. The summed E-state index contributed by atoms with van der Waals surface area (Å²) in [6.45, 7) is -2.06. The van der Waals surface area contributed by atoms with Gasteiger partial charge >= 0.3 is 6.18 Å². The van der Waals surface area contributed by atoms with Crippen LogP contribution in [0.15, 0.2) is 57.8 Å². The standard InChI is InChI=1S/C20H16ClF3N2O3S/c21-12-5-7-13(8-6-12)30-10-15-14-3-1-2-4-16(14)29-18(15)19(28)25-9-17(27)26-11-20(22,23)24/h1-8H,9-11H2,(H,25,28)(H,26,27). The molecular weight excluding hydrogens is 441 g/mol. The lowest BCUT2D eigenvalue weighted by molar-refractivity contribution is -0.137. The molecule has 0 fully saturated rings. The van der Waals surface area contributed by atoms with Gasteiger partial charge < -0.3 is 15.1 Å². The molecule has 0 aliphatic rings. The van der Waals surface area contributed by atoms with Gasteiger partial charge in [-0.1, -0.05) is 29.8 Å². The van der Waals surface area contributed by atoms with E-state index in [9.17, 15) is 22.8 Å². The molecular formula is C20H16ClF3N2O3S. The molecule has 0 aliphatic carbocycles. The number of halogens is 4. The number of rotatable bonds is 7. The van der Waals surface area contributed by atoms with Crippen LogP contribution in [0.5, 0.6) is 0 Å². The Morgan fingerprint density at radius 1 is 1.03 bits per heavy atom. The Morgan fingerprint density at radius 3 is 2.43 bits per heavy atom. The van der Waals surface area contributed by atoms with Crippen LogP contribution < -0.4 is 10.6 Å². The predicted octanol–water partition coefficient (Wildman–Crippen LogP) is 4.79. The molecule has 2 aromatic carbocycles. The summed E-state index contributed by atoms with van der Waals surface area (Å²) in [6.07, 6.45) is -4.52. The molecule has 0 bridgehead atoms. The summed E-state index contributed by atoms with van der Waals surface area (Å²) < 4.78 is 42.2. The quantitative estimate of drug-likeness (QED) is 0.502. The van der Waals surface area contributed by atoms with Crippen molar-refractivity contribution in [3.8, 4) is 0 Å². The molecule has 3 rings (SSSR count). The van der Waals surface area contributed by atoms with Crippen molar-refractivity contribution in [3.05, 3.63) is 64.9 Å². The van der Waals surface area contributed by atoms with E-state index in [2.05, 4.69) is 5.32 Å². The van der Waals surface area contributed by atoms with E-state index in [-0.39, 0.29) is 5.76 Å². The van der Waals surface area contributed by atoms with Gasteiger partial charge in [-0.3, -0.25) is 9.59 Å². The van der Waals surface area contributed by atoms with Gasteiger partial charge in [0.2, 0.25) is 5.91 Å². The highest BCUT2D eigenvalue weighted by molar-refractivity contribution is 7.98. The number of carbonyl (C=O) groups is 2. The SMILES string of the molecule is O=C(CNC(=O)c1oc2ccccc2c1CSc1ccc(Cl)cc1)NCC(F)(F)F. The maximum absolute atomic E-state index is 12.6. The minimum Gasteiger partial charge on any atom is -0.451 e. The first-order valence-electron chi connectivity index (χ1n) is 8.73. The maximum atomic E-state index is 12.6. The van der Waals surface area contributed by atoms with Crippen LogP contribution in [0.1, 0.15) is 16.1 Å². The van der Waals surface area contributed by atoms with Crippen molar-refractivity contribution in [2.24, 2.45) is 0 Å². The number of nitrogens with one attached hydrogen (secondary N) is 2. The number of thioether (sulfide) groups is 1. The molecule has 0 aliphatic heterocycles. The van der Waals surface area contributed by atoms with Crippen molar-refractivity contribution in [2.75, 3.05) is 13.1 Å². The fourth-order valence-corrected chi connectivity index (χ4v) is 3.67. The lowest BCUT2D eigenvalue weighted by atomic mass is 10.1. The van der Waals surface area contributed by atoms with Gasteiger partial charge in [0.05, 0.1) is 6.54 Å². The van der Waals surface area contributed by atoms with Crippen LogP contribution in [-0.2, 0) is 10.5 Å². The van der Waals surface area contributed by atoms with Crippen molar-refractivity contribution < 1.29 is 27.2 Å². The third-order valence-electron chi connectivity index (χ3n) is 4.00. The van der Waals surface area contributed by atoms with E-state index in [4.69, 9.17) is 16.0 Å². The van der Waals surface area contributed by atoms with Gasteiger partial charge in [-0.15, -0.1) is 11.8 Å². The van der Waals surface area contributed by atoms with Crippen LogP contribution in [0.4, 0.5) is 13.2 Å². The van der Waals surface area contributed by atoms with E-state index in [0.29, 0.717) is 21.9 Å². The first-order valence-corrected chi connectivity index (χ1v) is 10.1. The average molecular weight is 457 g/mol. The molecule has 0 radical (unpaired) electrons. The molecule has 0 atom stereocenters. The number of hydrogen-bond acceptors (Lipinski definition) is 4. The van der Waals surface area contributed by atoms with Crippen LogP contribution in [0.3, 0.4) is 0 Å². The third kappa shape index (κ3) is 5.93. The summed E-state index contributed by atoms with van der Waals surface area (Å²) in [5, 5.41) is 5.35. The van der Waals surface area contributed by atoms with Crippen molar-refractivity contribution in [2.45, 2.75) is 16.8 Å². The Bertz CT molecular complexity index is 1050. The second-order valence-electron chi connectivity index (χ2n) is 6.22. The molecule has 0 unspecified atom stereocenters. The van der Waals surface area contributed by atoms with E-state index in [1.807, 2.05) is 18.2 Å². The minimum absolute atomic E-state index is 0.0151. The van der Waals surface area contributed by atoms with Gasteiger partial charge in [-0.05, 0) is 30.3 Å². The highest BCUT2D eigenvalue weighted by atomic mass is 35.5. The van der Waals surface area contributed by atoms with E-state index in [1.165, 1.54) is 11.8 Å². The molecule has 1 aromatic heterocycles. The van der Waals surface area contributed by atoms with Crippen molar-refractivity contribution in [1.29, 1.82) is 0 Å². The van der Waals surface area contributed by atoms with Gasteiger partial charge in [0.15, 0.2) is 5.76 Å². The topological polar surface area (TPSA) is 71.3 Å². The van der Waals surface area contributed by atoms with E-state index in [0.717, 1.165) is 10.3 Å². The van der Waals surface area contributed by atoms with Crippen LogP contribution in [0.2, 0.25) is 5.02 Å². The summed E-state index contributed by atoms with van der Waals surface area (Å²) in [5.74, 6) is -1.21. The molecule has 158 valence electrons. The second-order valence-corrected chi connectivity index (χ2v) is 7.71. The Kier molecular flexibility index (Phi) is 6.94. The Hall–Kier alpha value is -2.65. The van der Waals surface area contributed by atoms with Gasteiger partial charge in [0, 0.05) is 26.6 Å². The molecule has 0 saturated carbocycles. The van der Waals surface area contributed by atoms with Crippen molar-refractivity contribution in [3.63, 3.8) is 0 Å². The normalized spacial score (nSPS) is 11.5. The van der Waals surface area contributed by atoms with Gasteiger partial charge in [0.25, 0.3) is 5.91 Å². The molecule has 2 N–H and O–H groups in total. The molecule has 0 saturated heterocycles. The zero-order valence-corrected chi connectivity index (χ0v) is 17.0. The largest absolute Gasteiger partial charge is 0.451 e. The fourth-order valence-electron chi connectivity index (χ4n) is 2.61. The summed E-state index contributed by atoms with van der Waals surface area (Å²) in [4.78, 5) is 25.0. The maximum Gasteiger partial charge on any atom is 0.405 e. The number of amides is 2. The summed E-state index contributed by atoms with van der Waals surface area (Å²) in [7, 11) is 0. The Labute approximate surface area is 178 Å². The molecule has 0 spiro atoms. The number of fused-ring (bicyclic) bond motifs is 1. The van der Waals surface area contributed by atoms with Crippen LogP contribution in [0, 0.1) is 0 Å². The highest BCUT2D eigenvalue weighted by Crippen LogP contribution is 2.32. The summed E-state index contributed by atoms with van der Waals surface area (Å²) >= 11 is 7.36. The third-order valence-corrected chi connectivity index (χ3v) is 5.29. The number of para-hydroxylation sites is 1. The lowest BCUT2D eigenvalue weighted by Crippen LogP contribution is -2.40. The van der Waals surface area contributed by atoms with Gasteiger partial charge in [-0.25, -0.2) is 0 Å².